The summed E-state index contributed by atoms with van der Waals surface area (Å²) in [4.78, 5) is 3.98. The number of pyridine rings is 1. The Labute approximate surface area is 135 Å². The molecule has 7 heteroatoms. The smallest absolute Gasteiger partial charge is 0.163 e. The van der Waals surface area contributed by atoms with E-state index in [1.54, 1.807) is 0 Å². The molecule has 2 N–H and O–H groups in total. The van der Waals surface area contributed by atoms with E-state index >= 15 is 0 Å². The van der Waals surface area contributed by atoms with E-state index in [0.29, 0.717) is 0 Å². The third kappa shape index (κ3) is 2.83. The highest BCUT2D eigenvalue weighted by Gasteiger charge is 2.42. The topological polar surface area (TPSA) is 38.9 Å². The molecule has 2 aromatic rings. The molecule has 3 rings (SSSR count). The van der Waals surface area contributed by atoms with E-state index < -0.39 is 36.1 Å². The summed E-state index contributed by atoms with van der Waals surface area (Å²) in [6.07, 6.45) is -5.04. The van der Waals surface area contributed by atoms with Crippen LogP contribution in [0.5, 0.6) is 0 Å². The Hall–Kier alpha value is -2.18. The number of rotatable bonds is 2. The maximum atomic E-state index is 14.2. The average molecular weight is 342 g/mol. The van der Waals surface area contributed by atoms with Gasteiger partial charge in [-0.1, -0.05) is 0 Å². The zero-order valence-corrected chi connectivity index (χ0v) is 12.5. The fourth-order valence-electron chi connectivity index (χ4n) is 3.09. The minimum atomic E-state index is -2.25. The van der Waals surface area contributed by atoms with Crippen molar-refractivity contribution in [3.63, 3.8) is 0 Å². The highest BCUT2D eigenvalue weighted by Crippen LogP contribution is 2.41. The van der Waals surface area contributed by atoms with Crippen molar-refractivity contribution < 1.29 is 22.0 Å². The van der Waals surface area contributed by atoms with E-state index in [2.05, 4.69) is 4.98 Å². The van der Waals surface area contributed by atoms with Gasteiger partial charge < -0.3 is 5.73 Å². The maximum Gasteiger partial charge on any atom is 0.163 e. The van der Waals surface area contributed by atoms with Crippen LogP contribution in [0.4, 0.5) is 27.6 Å². The summed E-state index contributed by atoms with van der Waals surface area (Å²) in [5, 5.41) is 0. The van der Waals surface area contributed by atoms with E-state index in [1.165, 1.54) is 12.3 Å². The third-order valence-corrected chi connectivity index (χ3v) is 4.38. The second-order valence-electron chi connectivity index (χ2n) is 5.87. The Kier molecular flexibility index (Phi) is 4.43. The first-order valence-corrected chi connectivity index (χ1v) is 7.52. The second-order valence-corrected chi connectivity index (χ2v) is 5.87. The lowest BCUT2D eigenvalue weighted by Gasteiger charge is -2.31. The van der Waals surface area contributed by atoms with E-state index in [0.717, 1.165) is 18.2 Å². The monoisotopic (exact) mass is 342 g/mol. The standard InChI is InChI=1S/C17H15F5N2/c18-8-1-3-12(19)11(7-8)9-5-6-24-17(16(9)23)10-2-4-13(20)15(22)14(10)21/h1,3,5-7,10,13-15H,2,4,23H2. The molecule has 0 aliphatic heterocycles. The van der Waals surface area contributed by atoms with Gasteiger partial charge in [0.2, 0.25) is 0 Å². The highest BCUT2D eigenvalue weighted by molar-refractivity contribution is 5.78. The summed E-state index contributed by atoms with van der Waals surface area (Å²) in [7, 11) is 0. The largest absolute Gasteiger partial charge is 0.397 e. The molecule has 24 heavy (non-hydrogen) atoms. The second kappa shape index (κ2) is 6.37. The zero-order chi connectivity index (χ0) is 17.4. The number of nitrogens with two attached hydrogens (primary N) is 1. The molecule has 1 heterocycles. The number of halogens is 5. The van der Waals surface area contributed by atoms with Gasteiger partial charge in [-0.05, 0) is 37.1 Å². The lowest BCUT2D eigenvalue weighted by molar-refractivity contribution is 0.0282. The lowest BCUT2D eigenvalue weighted by Crippen LogP contribution is -2.38. The van der Waals surface area contributed by atoms with Crippen molar-refractivity contribution >= 4 is 5.69 Å². The fraction of sp³-hybridized carbons (Fsp3) is 0.353. The van der Waals surface area contributed by atoms with E-state index in [9.17, 15) is 22.0 Å². The number of nitrogens with zero attached hydrogens (tertiary/aromatic N) is 1. The number of aromatic nitrogens is 1. The number of benzene rings is 1. The van der Waals surface area contributed by atoms with E-state index in [4.69, 9.17) is 5.73 Å². The van der Waals surface area contributed by atoms with Gasteiger partial charge in [-0.25, -0.2) is 22.0 Å². The van der Waals surface area contributed by atoms with Crippen LogP contribution in [0.3, 0.4) is 0 Å². The average Bonchev–Trinajstić information content (AvgIpc) is 2.56. The summed E-state index contributed by atoms with van der Waals surface area (Å²) in [5.41, 5.74) is 6.00. The first-order chi connectivity index (χ1) is 11.4. The Morgan fingerprint density at radius 1 is 0.958 bits per heavy atom. The van der Waals surface area contributed by atoms with Crippen LogP contribution >= 0.6 is 0 Å². The first-order valence-electron chi connectivity index (χ1n) is 7.52. The molecule has 0 spiro atoms. The van der Waals surface area contributed by atoms with E-state index in [1.807, 2.05) is 0 Å². The van der Waals surface area contributed by atoms with Crippen LogP contribution < -0.4 is 5.73 Å². The molecule has 1 aromatic heterocycles. The summed E-state index contributed by atoms with van der Waals surface area (Å²) in [6, 6.07) is 4.25. The molecule has 4 atom stereocenters. The predicted octanol–water partition coefficient (Wildman–Crippen LogP) is 4.50. The van der Waals surface area contributed by atoms with Crippen molar-refractivity contribution in [2.45, 2.75) is 37.3 Å². The maximum absolute atomic E-state index is 14.2. The van der Waals surface area contributed by atoms with Gasteiger partial charge in [0.05, 0.1) is 11.4 Å². The van der Waals surface area contributed by atoms with Gasteiger partial charge in [0.25, 0.3) is 0 Å². The normalized spacial score (nSPS) is 27.2. The van der Waals surface area contributed by atoms with Crippen LogP contribution in [0.25, 0.3) is 11.1 Å². The van der Waals surface area contributed by atoms with Crippen LogP contribution in [0.15, 0.2) is 30.5 Å². The molecule has 0 saturated heterocycles. The van der Waals surface area contributed by atoms with Crippen molar-refractivity contribution in [1.29, 1.82) is 0 Å². The lowest BCUT2D eigenvalue weighted by atomic mass is 9.81. The summed E-state index contributed by atoms with van der Waals surface area (Å²) >= 11 is 0. The van der Waals surface area contributed by atoms with Crippen LogP contribution in [0.2, 0.25) is 0 Å². The number of alkyl halides is 3. The Bertz CT molecular complexity index is 752. The van der Waals surface area contributed by atoms with Crippen LogP contribution in [-0.4, -0.2) is 23.5 Å². The zero-order valence-electron chi connectivity index (χ0n) is 12.5. The first kappa shape index (κ1) is 16.7. The van der Waals surface area contributed by atoms with Gasteiger partial charge in [-0.3, -0.25) is 4.98 Å². The van der Waals surface area contributed by atoms with Gasteiger partial charge in [0, 0.05) is 23.2 Å². The Morgan fingerprint density at radius 2 is 1.71 bits per heavy atom. The highest BCUT2D eigenvalue weighted by atomic mass is 19.2. The van der Waals surface area contributed by atoms with Crippen molar-refractivity contribution in [3.05, 3.63) is 47.8 Å². The Balaban J connectivity index is 2.04. The van der Waals surface area contributed by atoms with Gasteiger partial charge in [0.1, 0.15) is 24.0 Å². The van der Waals surface area contributed by atoms with Gasteiger partial charge in [-0.15, -0.1) is 0 Å². The predicted molar refractivity (Wildman–Crippen MR) is 80.7 cm³/mol. The Morgan fingerprint density at radius 3 is 2.46 bits per heavy atom. The minimum Gasteiger partial charge on any atom is -0.397 e. The molecular formula is C17H15F5N2. The molecule has 1 fully saturated rings. The molecular weight excluding hydrogens is 327 g/mol. The molecule has 0 bridgehead atoms. The number of nitrogen functional groups attached to an aromatic ring is 1. The molecule has 1 aliphatic carbocycles. The molecule has 1 aromatic carbocycles. The summed E-state index contributed by atoms with van der Waals surface area (Å²) in [5.74, 6) is -2.38. The molecule has 0 radical (unpaired) electrons. The number of hydrogen-bond acceptors (Lipinski definition) is 2. The summed E-state index contributed by atoms with van der Waals surface area (Å²) < 4.78 is 68.5. The number of anilines is 1. The van der Waals surface area contributed by atoms with Crippen molar-refractivity contribution in [2.75, 3.05) is 5.73 Å². The third-order valence-electron chi connectivity index (χ3n) is 4.38. The summed E-state index contributed by atoms with van der Waals surface area (Å²) in [6.45, 7) is 0. The van der Waals surface area contributed by atoms with Gasteiger partial charge >= 0.3 is 0 Å². The molecule has 0 amide bonds. The minimum absolute atomic E-state index is 0.0367. The molecule has 1 saturated carbocycles. The van der Waals surface area contributed by atoms with Gasteiger partial charge in [0.15, 0.2) is 6.17 Å². The molecule has 128 valence electrons. The number of hydrogen-bond donors (Lipinski definition) is 1. The fourth-order valence-corrected chi connectivity index (χ4v) is 3.09. The SMILES string of the molecule is Nc1c(-c2cc(F)ccc2F)ccnc1C1CCC(F)C(F)C1F. The molecule has 2 nitrogen and oxygen atoms in total. The van der Waals surface area contributed by atoms with Crippen LogP contribution in [0.1, 0.15) is 24.5 Å². The van der Waals surface area contributed by atoms with Crippen LogP contribution in [0, 0.1) is 11.6 Å². The molecule has 1 aliphatic rings. The van der Waals surface area contributed by atoms with Crippen LogP contribution in [-0.2, 0) is 0 Å². The van der Waals surface area contributed by atoms with Crippen molar-refractivity contribution in [3.8, 4) is 11.1 Å². The van der Waals surface area contributed by atoms with Gasteiger partial charge in [-0.2, -0.15) is 0 Å². The molecule has 4 unspecified atom stereocenters. The van der Waals surface area contributed by atoms with Crippen molar-refractivity contribution in [2.24, 2.45) is 0 Å². The van der Waals surface area contributed by atoms with Crippen molar-refractivity contribution in [1.82, 2.24) is 4.98 Å². The van der Waals surface area contributed by atoms with E-state index in [-0.39, 0.29) is 35.3 Å². The quantitative estimate of drug-likeness (QED) is 0.816.